The highest BCUT2D eigenvalue weighted by Crippen LogP contribution is 2.63. The first-order chi connectivity index (χ1) is 20.4. The summed E-state index contributed by atoms with van der Waals surface area (Å²) in [5.41, 5.74) is 14.1. The Balaban J connectivity index is 1.39. The van der Waals surface area contributed by atoms with Crippen LogP contribution in [0.3, 0.4) is 0 Å². The van der Waals surface area contributed by atoms with Gasteiger partial charge < -0.3 is 0 Å². The van der Waals surface area contributed by atoms with Crippen molar-refractivity contribution < 1.29 is 0 Å². The number of para-hydroxylation sites is 1. The van der Waals surface area contributed by atoms with E-state index in [4.69, 9.17) is 9.97 Å². The van der Waals surface area contributed by atoms with Crippen LogP contribution in [-0.2, 0) is 5.41 Å². The summed E-state index contributed by atoms with van der Waals surface area (Å²) in [5, 5.41) is 1.06. The topological polar surface area (TPSA) is 25.8 Å². The molecule has 0 bridgehead atoms. The van der Waals surface area contributed by atoms with Crippen molar-refractivity contribution >= 4 is 10.9 Å². The maximum Gasteiger partial charge on any atom is 0.161 e. The van der Waals surface area contributed by atoms with Crippen LogP contribution in [0, 0.1) is 0 Å². The van der Waals surface area contributed by atoms with E-state index in [0.29, 0.717) is 0 Å². The molecule has 0 radical (unpaired) electrons. The van der Waals surface area contributed by atoms with Gasteiger partial charge in [-0.25, -0.2) is 9.97 Å². The maximum absolute atomic E-state index is 5.28. The monoisotopic (exact) mass is 520 g/mol. The first-order valence-corrected chi connectivity index (χ1v) is 14.1. The fourth-order valence-corrected chi connectivity index (χ4v) is 7.34. The van der Waals surface area contributed by atoms with E-state index < -0.39 is 0 Å². The molecule has 2 heteroatoms. The molecule has 2 aliphatic carbocycles. The highest BCUT2D eigenvalue weighted by Gasteiger charge is 2.52. The lowest BCUT2D eigenvalue weighted by molar-refractivity contribution is 0.794. The van der Waals surface area contributed by atoms with Gasteiger partial charge in [-0.05, 0) is 50.6 Å². The van der Waals surface area contributed by atoms with Gasteiger partial charge in [0.1, 0.15) is 0 Å². The lowest BCUT2D eigenvalue weighted by atomic mass is 9.70. The summed E-state index contributed by atoms with van der Waals surface area (Å²) in [6, 6.07) is 52.2. The van der Waals surface area contributed by atoms with Crippen LogP contribution in [0.1, 0.15) is 22.3 Å². The van der Waals surface area contributed by atoms with Crippen molar-refractivity contribution in [3.05, 3.63) is 168 Å². The van der Waals surface area contributed by atoms with Gasteiger partial charge in [0.15, 0.2) is 5.82 Å². The number of benzene rings is 6. The molecule has 0 unspecified atom stereocenters. The standard InChI is InChI=1S/C39H24N2/c1-2-13-25(14-3-1)37-29-18-7-11-24-35(29)40-38(41-37)30-19-12-23-34-36(30)28-17-6-10-22-33(28)39(34)31-20-8-4-15-26(31)27-16-5-9-21-32(27)39/h1-24H. The SMILES string of the molecule is c1ccc(-c2nc(-c3cccc4c3-c3ccccc3C43c4ccccc4-c4ccccc43)nc3ccccc23)cc1. The van der Waals surface area contributed by atoms with Crippen LogP contribution >= 0.6 is 0 Å². The zero-order valence-corrected chi connectivity index (χ0v) is 22.3. The number of nitrogens with zero attached hydrogens (tertiary/aromatic N) is 2. The third-order valence-electron chi connectivity index (χ3n) is 8.91. The summed E-state index contributed by atoms with van der Waals surface area (Å²) in [7, 11) is 0. The van der Waals surface area contributed by atoms with E-state index in [1.54, 1.807) is 0 Å². The second kappa shape index (κ2) is 8.33. The molecule has 41 heavy (non-hydrogen) atoms. The fourth-order valence-electron chi connectivity index (χ4n) is 7.34. The Hall–Kier alpha value is -5.34. The first kappa shape index (κ1) is 22.5. The Bertz CT molecular complexity index is 2110. The highest BCUT2D eigenvalue weighted by atomic mass is 14.9. The fraction of sp³-hybridized carbons (Fsp3) is 0.0256. The van der Waals surface area contributed by atoms with Gasteiger partial charge in [-0.3, -0.25) is 0 Å². The van der Waals surface area contributed by atoms with Crippen LogP contribution in [0.15, 0.2) is 146 Å². The minimum absolute atomic E-state index is 0.381. The Morgan fingerprint density at radius 3 is 1.66 bits per heavy atom. The van der Waals surface area contributed by atoms with Gasteiger partial charge in [-0.2, -0.15) is 0 Å². The molecule has 1 heterocycles. The molecule has 7 aromatic rings. The van der Waals surface area contributed by atoms with E-state index in [-0.39, 0.29) is 5.41 Å². The Labute approximate surface area is 238 Å². The summed E-state index contributed by atoms with van der Waals surface area (Å²) in [6.07, 6.45) is 0. The van der Waals surface area contributed by atoms with E-state index in [1.807, 2.05) is 6.07 Å². The van der Waals surface area contributed by atoms with Crippen LogP contribution in [0.4, 0.5) is 0 Å². The molecule has 6 aromatic carbocycles. The van der Waals surface area contributed by atoms with E-state index in [1.165, 1.54) is 44.5 Å². The molecule has 0 aliphatic heterocycles. The molecule has 0 saturated heterocycles. The normalized spacial score (nSPS) is 13.6. The van der Waals surface area contributed by atoms with Crippen molar-refractivity contribution in [3.8, 4) is 44.9 Å². The average molecular weight is 521 g/mol. The quantitative estimate of drug-likeness (QED) is 0.227. The van der Waals surface area contributed by atoms with Crippen LogP contribution < -0.4 is 0 Å². The Morgan fingerprint density at radius 2 is 0.927 bits per heavy atom. The van der Waals surface area contributed by atoms with Gasteiger partial charge >= 0.3 is 0 Å². The van der Waals surface area contributed by atoms with E-state index in [0.717, 1.165) is 33.5 Å². The van der Waals surface area contributed by atoms with Crippen LogP contribution in [0.2, 0.25) is 0 Å². The largest absolute Gasteiger partial charge is 0.228 e. The summed E-state index contributed by atoms with van der Waals surface area (Å²) < 4.78 is 0. The summed E-state index contributed by atoms with van der Waals surface area (Å²) in [4.78, 5) is 10.5. The van der Waals surface area contributed by atoms with Gasteiger partial charge in [0.25, 0.3) is 0 Å². The van der Waals surface area contributed by atoms with E-state index in [2.05, 4.69) is 140 Å². The predicted molar refractivity (Wildman–Crippen MR) is 167 cm³/mol. The molecule has 2 nitrogen and oxygen atoms in total. The molecule has 0 amide bonds. The summed E-state index contributed by atoms with van der Waals surface area (Å²) >= 11 is 0. The van der Waals surface area contributed by atoms with E-state index in [9.17, 15) is 0 Å². The Morgan fingerprint density at radius 1 is 0.390 bits per heavy atom. The zero-order valence-electron chi connectivity index (χ0n) is 22.3. The average Bonchev–Trinajstić information content (AvgIpc) is 3.52. The van der Waals surface area contributed by atoms with Crippen LogP contribution in [0.5, 0.6) is 0 Å². The lowest BCUT2D eigenvalue weighted by Gasteiger charge is -2.30. The lowest BCUT2D eigenvalue weighted by Crippen LogP contribution is -2.25. The van der Waals surface area contributed by atoms with Crippen molar-refractivity contribution in [2.24, 2.45) is 0 Å². The van der Waals surface area contributed by atoms with Crippen molar-refractivity contribution in [1.29, 1.82) is 0 Å². The van der Waals surface area contributed by atoms with Crippen LogP contribution in [0.25, 0.3) is 55.8 Å². The molecule has 0 atom stereocenters. The highest BCUT2D eigenvalue weighted by molar-refractivity contribution is 6.00. The molecule has 0 saturated carbocycles. The molecule has 0 fully saturated rings. The minimum atomic E-state index is -0.381. The van der Waals surface area contributed by atoms with Gasteiger partial charge in [0, 0.05) is 16.5 Å². The maximum atomic E-state index is 5.28. The number of hydrogen-bond donors (Lipinski definition) is 0. The van der Waals surface area contributed by atoms with Gasteiger partial charge in [-0.1, -0.05) is 140 Å². The van der Waals surface area contributed by atoms with Crippen molar-refractivity contribution in [1.82, 2.24) is 9.97 Å². The molecule has 1 spiro atoms. The third kappa shape index (κ3) is 2.91. The number of hydrogen-bond acceptors (Lipinski definition) is 2. The molecule has 1 aromatic heterocycles. The number of fused-ring (bicyclic) bond motifs is 11. The molecular weight excluding hydrogens is 496 g/mol. The van der Waals surface area contributed by atoms with Crippen molar-refractivity contribution in [2.45, 2.75) is 5.41 Å². The van der Waals surface area contributed by atoms with Crippen LogP contribution in [-0.4, -0.2) is 9.97 Å². The van der Waals surface area contributed by atoms with Gasteiger partial charge in [-0.15, -0.1) is 0 Å². The summed E-state index contributed by atoms with van der Waals surface area (Å²) in [5.74, 6) is 0.755. The van der Waals surface area contributed by atoms with Gasteiger partial charge in [0.05, 0.1) is 16.6 Å². The minimum Gasteiger partial charge on any atom is -0.228 e. The molecule has 9 rings (SSSR count). The zero-order chi connectivity index (χ0) is 27.0. The molecule has 190 valence electrons. The number of aromatic nitrogens is 2. The second-order valence-electron chi connectivity index (χ2n) is 10.9. The third-order valence-corrected chi connectivity index (χ3v) is 8.91. The van der Waals surface area contributed by atoms with Gasteiger partial charge in [0.2, 0.25) is 0 Å². The smallest absolute Gasteiger partial charge is 0.161 e. The molecule has 0 N–H and O–H groups in total. The van der Waals surface area contributed by atoms with Crippen molar-refractivity contribution in [2.75, 3.05) is 0 Å². The summed E-state index contributed by atoms with van der Waals surface area (Å²) in [6.45, 7) is 0. The molecular formula is C39H24N2. The second-order valence-corrected chi connectivity index (χ2v) is 10.9. The number of rotatable bonds is 2. The predicted octanol–water partition coefficient (Wildman–Crippen LogP) is 9.31. The van der Waals surface area contributed by atoms with Crippen molar-refractivity contribution in [3.63, 3.8) is 0 Å². The molecule has 2 aliphatic rings. The Kier molecular flexibility index (Phi) is 4.57. The van der Waals surface area contributed by atoms with E-state index >= 15 is 0 Å². The first-order valence-electron chi connectivity index (χ1n) is 14.1.